The van der Waals surface area contributed by atoms with Gasteiger partial charge in [0.1, 0.15) is 11.4 Å². The Hall–Kier alpha value is -2.36. The number of nitrogens with one attached hydrogen (secondary N) is 1. The number of sulfone groups is 1. The number of hydrogen-bond acceptors (Lipinski definition) is 5. The third-order valence-electron chi connectivity index (χ3n) is 4.70. The molecule has 0 radical (unpaired) electrons. The molecule has 162 valence electrons. The normalized spacial score (nSPS) is 11.4. The van der Waals surface area contributed by atoms with E-state index in [0.717, 1.165) is 9.37 Å². The molecular weight excluding hydrogens is 500 g/mol. The van der Waals surface area contributed by atoms with Crippen molar-refractivity contribution >= 4 is 49.1 Å². The van der Waals surface area contributed by atoms with Crippen molar-refractivity contribution in [1.29, 1.82) is 0 Å². The van der Waals surface area contributed by atoms with Crippen molar-refractivity contribution in [2.75, 3.05) is 11.6 Å². The molecule has 31 heavy (non-hydrogen) atoms. The summed E-state index contributed by atoms with van der Waals surface area (Å²) in [7, 11) is -4.05. The van der Waals surface area contributed by atoms with Crippen molar-refractivity contribution in [1.82, 2.24) is 4.57 Å². The Morgan fingerprint density at radius 2 is 1.77 bits per heavy atom. The molecule has 9 heteroatoms. The lowest BCUT2D eigenvalue weighted by Crippen LogP contribution is -2.33. The molecule has 3 rings (SSSR count). The van der Waals surface area contributed by atoms with E-state index in [4.69, 9.17) is 0 Å². The summed E-state index contributed by atoms with van der Waals surface area (Å²) in [5.74, 6) is -0.417. The average molecular weight is 521 g/mol. The van der Waals surface area contributed by atoms with Gasteiger partial charge in [0.05, 0.1) is 4.90 Å². The molecule has 2 aromatic carbocycles. The first kappa shape index (κ1) is 23.3. The molecule has 0 aliphatic carbocycles. The van der Waals surface area contributed by atoms with Crippen LogP contribution in [-0.2, 0) is 21.2 Å². The monoisotopic (exact) mass is 520 g/mol. The van der Waals surface area contributed by atoms with Crippen LogP contribution < -0.4 is 10.9 Å². The first-order valence-electron chi connectivity index (χ1n) is 9.29. The van der Waals surface area contributed by atoms with Crippen molar-refractivity contribution < 1.29 is 13.2 Å². The molecule has 1 aromatic heterocycles. The van der Waals surface area contributed by atoms with E-state index < -0.39 is 21.3 Å². The van der Waals surface area contributed by atoms with Crippen molar-refractivity contribution in [2.45, 2.75) is 35.1 Å². The minimum Gasteiger partial charge on any atom is -0.324 e. The average Bonchev–Trinajstić information content (AvgIpc) is 2.71. The van der Waals surface area contributed by atoms with Gasteiger partial charge in [-0.3, -0.25) is 9.59 Å². The number of carbonyl (C=O) groups excluding carboxylic acids is 1. The van der Waals surface area contributed by atoms with E-state index in [0.29, 0.717) is 16.9 Å². The standard InChI is InChI=1S/C22H21BrN2O4S2/c1-14-11-15(2)25(13-20(26)24-17-5-4-6-18(12-17)30-3)22(27)21(14)31(28,29)19-9-7-16(23)8-10-19/h4-12H,13H2,1-3H3,(H,24,26). The highest BCUT2D eigenvalue weighted by molar-refractivity contribution is 9.10. The number of anilines is 1. The van der Waals surface area contributed by atoms with Gasteiger partial charge >= 0.3 is 0 Å². The Bertz CT molecular complexity index is 1300. The van der Waals surface area contributed by atoms with E-state index in [9.17, 15) is 18.0 Å². The lowest BCUT2D eigenvalue weighted by Gasteiger charge is -2.15. The molecule has 0 saturated heterocycles. The van der Waals surface area contributed by atoms with E-state index >= 15 is 0 Å². The summed E-state index contributed by atoms with van der Waals surface area (Å²) in [6.07, 6.45) is 1.93. The number of aromatic nitrogens is 1. The molecule has 0 bridgehead atoms. The fourth-order valence-electron chi connectivity index (χ4n) is 3.21. The quantitative estimate of drug-likeness (QED) is 0.486. The second-order valence-corrected chi connectivity index (χ2v) is 10.6. The molecule has 1 amide bonds. The summed E-state index contributed by atoms with van der Waals surface area (Å²) in [5.41, 5.74) is 0.742. The zero-order chi connectivity index (χ0) is 22.8. The third-order valence-corrected chi connectivity index (χ3v) is 7.88. The maximum absolute atomic E-state index is 13.2. The van der Waals surface area contributed by atoms with Gasteiger partial charge in [0.2, 0.25) is 15.7 Å². The first-order chi connectivity index (χ1) is 14.6. The van der Waals surface area contributed by atoms with Crippen LogP contribution in [0.3, 0.4) is 0 Å². The van der Waals surface area contributed by atoms with Gasteiger partial charge in [0.25, 0.3) is 5.56 Å². The molecule has 3 aromatic rings. The van der Waals surface area contributed by atoms with Crippen LogP contribution in [-0.4, -0.2) is 25.1 Å². The second kappa shape index (κ2) is 9.42. The van der Waals surface area contributed by atoms with E-state index in [1.54, 1.807) is 49.9 Å². The van der Waals surface area contributed by atoms with Crippen molar-refractivity contribution in [3.05, 3.63) is 80.7 Å². The van der Waals surface area contributed by atoms with Crippen LogP contribution in [0.15, 0.2) is 78.6 Å². The zero-order valence-corrected chi connectivity index (χ0v) is 20.4. The number of amides is 1. The molecular formula is C22H21BrN2O4S2. The number of nitrogens with zero attached hydrogens (tertiary/aromatic N) is 1. The van der Waals surface area contributed by atoms with Crippen LogP contribution in [0.4, 0.5) is 5.69 Å². The topological polar surface area (TPSA) is 85.2 Å². The maximum atomic E-state index is 13.2. The van der Waals surface area contributed by atoms with Gasteiger partial charge in [0, 0.05) is 20.7 Å². The fraction of sp³-hybridized carbons (Fsp3) is 0.182. The lowest BCUT2D eigenvalue weighted by molar-refractivity contribution is -0.116. The number of thioether (sulfide) groups is 1. The molecule has 0 aliphatic heterocycles. The van der Waals surface area contributed by atoms with Crippen molar-refractivity contribution in [2.24, 2.45) is 0 Å². The maximum Gasteiger partial charge on any atom is 0.270 e. The second-order valence-electron chi connectivity index (χ2n) is 6.93. The summed E-state index contributed by atoms with van der Waals surface area (Å²) in [6.45, 7) is 2.96. The van der Waals surface area contributed by atoms with Crippen LogP contribution in [0.1, 0.15) is 11.3 Å². The molecule has 0 atom stereocenters. The summed E-state index contributed by atoms with van der Waals surface area (Å²) in [5, 5.41) is 2.76. The van der Waals surface area contributed by atoms with E-state index in [1.165, 1.54) is 16.7 Å². The Kier molecular flexibility index (Phi) is 7.08. The van der Waals surface area contributed by atoms with E-state index in [1.807, 2.05) is 24.5 Å². The lowest BCUT2D eigenvalue weighted by atomic mass is 10.2. The minimum absolute atomic E-state index is 0.0182. The van der Waals surface area contributed by atoms with Crippen LogP contribution in [0.2, 0.25) is 0 Å². The SMILES string of the molecule is CSc1cccc(NC(=O)Cn2c(C)cc(C)c(S(=O)(=O)c3ccc(Br)cc3)c2=O)c1. The number of hydrogen-bond donors (Lipinski definition) is 1. The van der Waals surface area contributed by atoms with Crippen LogP contribution in [0.5, 0.6) is 0 Å². The number of pyridine rings is 1. The van der Waals surface area contributed by atoms with Gasteiger partial charge in [-0.05, 0) is 74.2 Å². The van der Waals surface area contributed by atoms with Crippen LogP contribution >= 0.6 is 27.7 Å². The van der Waals surface area contributed by atoms with Crippen molar-refractivity contribution in [3.8, 4) is 0 Å². The zero-order valence-electron chi connectivity index (χ0n) is 17.2. The molecule has 0 unspecified atom stereocenters. The van der Waals surface area contributed by atoms with Crippen LogP contribution in [0, 0.1) is 13.8 Å². The highest BCUT2D eigenvalue weighted by Gasteiger charge is 2.26. The molecule has 0 spiro atoms. The van der Waals surface area contributed by atoms with E-state index in [-0.39, 0.29) is 16.3 Å². The van der Waals surface area contributed by atoms with Gasteiger partial charge in [-0.15, -0.1) is 11.8 Å². The predicted molar refractivity (Wildman–Crippen MR) is 127 cm³/mol. The molecule has 6 nitrogen and oxygen atoms in total. The summed E-state index contributed by atoms with van der Waals surface area (Å²) in [4.78, 5) is 26.5. The summed E-state index contributed by atoms with van der Waals surface area (Å²) in [6, 6.07) is 15.0. The van der Waals surface area contributed by atoms with Gasteiger partial charge in [-0.2, -0.15) is 0 Å². The molecule has 1 heterocycles. The number of benzene rings is 2. The molecule has 0 saturated carbocycles. The summed E-state index contributed by atoms with van der Waals surface area (Å²) >= 11 is 4.82. The van der Waals surface area contributed by atoms with Gasteiger partial charge in [0.15, 0.2) is 0 Å². The number of halogens is 1. The highest BCUT2D eigenvalue weighted by Crippen LogP contribution is 2.23. The number of aryl methyl sites for hydroxylation is 2. The number of carbonyl (C=O) groups is 1. The summed E-state index contributed by atoms with van der Waals surface area (Å²) < 4.78 is 28.2. The van der Waals surface area contributed by atoms with Gasteiger partial charge in [-0.25, -0.2) is 8.42 Å². The smallest absolute Gasteiger partial charge is 0.270 e. The van der Waals surface area contributed by atoms with Crippen molar-refractivity contribution in [3.63, 3.8) is 0 Å². The van der Waals surface area contributed by atoms with Gasteiger partial charge < -0.3 is 9.88 Å². The number of rotatable bonds is 6. The predicted octanol–water partition coefficient (Wildman–Crippen LogP) is 4.42. The Labute approximate surface area is 193 Å². The Morgan fingerprint density at radius 3 is 2.42 bits per heavy atom. The Morgan fingerprint density at radius 1 is 1.10 bits per heavy atom. The van der Waals surface area contributed by atoms with Gasteiger partial charge in [-0.1, -0.05) is 22.0 Å². The molecule has 0 aliphatic rings. The Balaban J connectivity index is 1.98. The first-order valence-corrected chi connectivity index (χ1v) is 12.8. The fourth-order valence-corrected chi connectivity index (χ4v) is 5.48. The molecule has 1 N–H and O–H groups in total. The highest BCUT2D eigenvalue weighted by atomic mass is 79.9. The van der Waals surface area contributed by atoms with Crippen LogP contribution in [0.25, 0.3) is 0 Å². The third kappa shape index (κ3) is 5.11. The minimum atomic E-state index is -4.05. The van der Waals surface area contributed by atoms with E-state index in [2.05, 4.69) is 21.2 Å². The molecule has 0 fully saturated rings. The largest absolute Gasteiger partial charge is 0.324 e.